The Bertz CT molecular complexity index is 355. The van der Waals surface area contributed by atoms with Crippen molar-refractivity contribution in [3.8, 4) is 0 Å². The Morgan fingerprint density at radius 2 is 1.81 bits per heavy atom. The summed E-state index contributed by atoms with van der Waals surface area (Å²) in [6, 6.07) is 0. The average molecular weight is 291 g/mol. The van der Waals surface area contributed by atoms with E-state index in [-0.39, 0.29) is 0 Å². The van der Waals surface area contributed by atoms with Gasteiger partial charge in [-0.2, -0.15) is 0 Å². The highest BCUT2D eigenvalue weighted by atomic mass is 14.4. The van der Waals surface area contributed by atoms with E-state index in [1.807, 2.05) is 0 Å². The highest BCUT2D eigenvalue weighted by Gasteiger charge is 2.38. The molecule has 0 amide bonds. The highest BCUT2D eigenvalue weighted by Crippen LogP contribution is 2.49. The zero-order chi connectivity index (χ0) is 15.5. The lowest BCUT2D eigenvalue weighted by Gasteiger charge is -2.44. The van der Waals surface area contributed by atoms with E-state index in [0.717, 1.165) is 17.8 Å². The Morgan fingerprint density at radius 1 is 1.05 bits per heavy atom. The molecule has 0 N–H and O–H groups in total. The number of rotatable bonds is 3. The molecular formula is C21H38. The van der Waals surface area contributed by atoms with Gasteiger partial charge in [-0.3, -0.25) is 0 Å². The largest absolute Gasteiger partial charge is 0.0818 e. The van der Waals surface area contributed by atoms with Crippen molar-refractivity contribution in [2.45, 2.75) is 92.4 Å². The lowest BCUT2D eigenvalue weighted by molar-refractivity contribution is 0.120. The van der Waals surface area contributed by atoms with E-state index in [1.54, 1.807) is 0 Å². The van der Waals surface area contributed by atoms with Gasteiger partial charge < -0.3 is 0 Å². The van der Waals surface area contributed by atoms with Crippen molar-refractivity contribution >= 4 is 0 Å². The van der Waals surface area contributed by atoms with Crippen LogP contribution in [-0.4, -0.2) is 0 Å². The highest BCUT2D eigenvalue weighted by molar-refractivity contribution is 5.09. The summed E-state index contributed by atoms with van der Waals surface area (Å²) in [6.45, 7) is 12.3. The quantitative estimate of drug-likeness (QED) is 0.491. The average Bonchev–Trinajstić information content (AvgIpc) is 2.50. The minimum Gasteiger partial charge on any atom is -0.0818 e. The van der Waals surface area contributed by atoms with Crippen molar-refractivity contribution in [1.82, 2.24) is 0 Å². The van der Waals surface area contributed by atoms with Crippen LogP contribution < -0.4 is 0 Å². The van der Waals surface area contributed by atoms with Crippen LogP contribution in [0.1, 0.15) is 92.4 Å². The summed E-state index contributed by atoms with van der Waals surface area (Å²) >= 11 is 0. The summed E-state index contributed by atoms with van der Waals surface area (Å²) in [5.41, 5.74) is 0.935. The van der Waals surface area contributed by atoms with Gasteiger partial charge in [0, 0.05) is 0 Å². The van der Waals surface area contributed by atoms with Crippen LogP contribution in [0.5, 0.6) is 0 Å². The van der Waals surface area contributed by atoms with Crippen molar-refractivity contribution in [2.24, 2.45) is 28.6 Å². The zero-order valence-electron chi connectivity index (χ0n) is 15.3. The molecule has 0 spiro atoms. The molecule has 0 aromatic carbocycles. The van der Waals surface area contributed by atoms with Crippen LogP contribution in [0.3, 0.4) is 0 Å². The Hall–Kier alpha value is -0.260. The molecule has 0 aliphatic heterocycles. The third-order valence-corrected chi connectivity index (χ3v) is 7.21. The first-order valence-electron chi connectivity index (χ1n) is 9.65. The van der Waals surface area contributed by atoms with Crippen LogP contribution >= 0.6 is 0 Å². The fourth-order valence-corrected chi connectivity index (χ4v) is 5.00. The van der Waals surface area contributed by atoms with Crippen LogP contribution in [0.2, 0.25) is 0 Å². The molecule has 0 aromatic rings. The monoisotopic (exact) mass is 290 g/mol. The Labute approximate surface area is 133 Å². The fourth-order valence-electron chi connectivity index (χ4n) is 5.00. The van der Waals surface area contributed by atoms with Gasteiger partial charge in [0.05, 0.1) is 0 Å². The summed E-state index contributed by atoms with van der Waals surface area (Å²) in [4.78, 5) is 0. The Morgan fingerprint density at radius 3 is 2.48 bits per heavy atom. The Kier molecular flexibility index (Phi) is 5.60. The van der Waals surface area contributed by atoms with E-state index in [0.29, 0.717) is 10.8 Å². The predicted molar refractivity (Wildman–Crippen MR) is 94.4 cm³/mol. The van der Waals surface area contributed by atoms with E-state index >= 15 is 0 Å². The van der Waals surface area contributed by atoms with Crippen molar-refractivity contribution in [3.05, 3.63) is 12.2 Å². The SMILES string of the molecule is CCCC1(C)C=CC2(CC)CCCC(C2)C(C)CCC1C. The molecule has 0 radical (unpaired) electrons. The third-order valence-electron chi connectivity index (χ3n) is 7.21. The van der Waals surface area contributed by atoms with Crippen molar-refractivity contribution in [2.75, 3.05) is 0 Å². The normalized spacial score (nSPS) is 44.5. The Balaban J connectivity index is 2.32. The molecule has 5 unspecified atom stereocenters. The predicted octanol–water partition coefficient (Wildman–Crippen LogP) is 7.00. The zero-order valence-corrected chi connectivity index (χ0v) is 15.3. The minimum atomic E-state index is 0.418. The second kappa shape index (κ2) is 6.88. The van der Waals surface area contributed by atoms with Gasteiger partial charge in [0.15, 0.2) is 0 Å². The first-order chi connectivity index (χ1) is 9.95. The van der Waals surface area contributed by atoms with Crippen LogP contribution in [0.25, 0.3) is 0 Å². The summed E-state index contributed by atoms with van der Waals surface area (Å²) in [5.74, 6) is 2.73. The molecule has 2 rings (SSSR count). The van der Waals surface area contributed by atoms with Crippen molar-refractivity contribution < 1.29 is 0 Å². The number of hydrogen-bond acceptors (Lipinski definition) is 0. The maximum Gasteiger partial charge on any atom is -0.0118 e. The molecule has 2 bridgehead atoms. The smallest absolute Gasteiger partial charge is 0.0118 e. The summed E-state index contributed by atoms with van der Waals surface area (Å²) in [6.07, 6.45) is 18.0. The van der Waals surface area contributed by atoms with Gasteiger partial charge in [-0.05, 0) is 60.7 Å². The third kappa shape index (κ3) is 3.74. The molecule has 2 aliphatic carbocycles. The van der Waals surface area contributed by atoms with Gasteiger partial charge in [-0.15, -0.1) is 0 Å². The molecule has 122 valence electrons. The summed E-state index contributed by atoms with van der Waals surface area (Å²) in [7, 11) is 0. The second-order valence-electron chi connectivity index (χ2n) is 8.62. The lowest BCUT2D eigenvalue weighted by Crippen LogP contribution is -2.33. The van der Waals surface area contributed by atoms with E-state index in [9.17, 15) is 0 Å². The van der Waals surface area contributed by atoms with Crippen molar-refractivity contribution in [3.63, 3.8) is 0 Å². The van der Waals surface area contributed by atoms with E-state index in [1.165, 1.54) is 57.8 Å². The van der Waals surface area contributed by atoms with Gasteiger partial charge in [-0.25, -0.2) is 0 Å². The molecule has 0 aromatic heterocycles. The van der Waals surface area contributed by atoms with Gasteiger partial charge >= 0.3 is 0 Å². The maximum absolute atomic E-state index is 2.68. The fraction of sp³-hybridized carbons (Fsp3) is 0.905. The maximum atomic E-state index is 2.68. The first kappa shape index (κ1) is 17.1. The summed E-state index contributed by atoms with van der Waals surface area (Å²) < 4.78 is 0. The molecule has 0 heterocycles. The minimum absolute atomic E-state index is 0.418. The first-order valence-corrected chi connectivity index (χ1v) is 9.65. The van der Waals surface area contributed by atoms with Crippen LogP contribution in [0, 0.1) is 28.6 Å². The molecule has 1 fully saturated rings. The molecular weight excluding hydrogens is 252 g/mol. The number of hydrogen-bond donors (Lipinski definition) is 0. The van der Waals surface area contributed by atoms with Gasteiger partial charge in [0.1, 0.15) is 0 Å². The van der Waals surface area contributed by atoms with E-state index in [2.05, 4.69) is 46.8 Å². The summed E-state index contributed by atoms with van der Waals surface area (Å²) in [5, 5.41) is 0. The van der Waals surface area contributed by atoms with Gasteiger partial charge in [0.2, 0.25) is 0 Å². The standard InChI is InChI=1S/C21H38/c1-6-12-20(5)14-15-21(7-2)13-8-9-19(16-21)17(3)10-11-18(20)4/h14-15,17-19H,6-13,16H2,1-5H3. The molecule has 21 heavy (non-hydrogen) atoms. The van der Waals surface area contributed by atoms with Gasteiger partial charge in [0.25, 0.3) is 0 Å². The van der Waals surface area contributed by atoms with Crippen LogP contribution in [0.15, 0.2) is 12.2 Å². The molecule has 2 aliphatic rings. The van der Waals surface area contributed by atoms with E-state index in [4.69, 9.17) is 0 Å². The number of allylic oxidation sites excluding steroid dienone is 2. The molecule has 1 saturated carbocycles. The lowest BCUT2D eigenvalue weighted by atomic mass is 9.61. The van der Waals surface area contributed by atoms with Crippen molar-refractivity contribution in [1.29, 1.82) is 0 Å². The van der Waals surface area contributed by atoms with Crippen LogP contribution in [0.4, 0.5) is 0 Å². The second-order valence-corrected chi connectivity index (χ2v) is 8.62. The molecule has 0 saturated heterocycles. The van der Waals surface area contributed by atoms with Gasteiger partial charge in [-0.1, -0.05) is 72.5 Å². The number of fused-ring (bicyclic) bond motifs is 2. The molecule has 0 nitrogen and oxygen atoms in total. The molecule has 5 atom stereocenters. The van der Waals surface area contributed by atoms with Crippen LogP contribution in [-0.2, 0) is 0 Å². The van der Waals surface area contributed by atoms with E-state index < -0.39 is 0 Å². The topological polar surface area (TPSA) is 0 Å². The molecule has 0 heteroatoms.